The molecule has 2 heterocycles. The fourth-order valence-electron chi connectivity index (χ4n) is 2.61. The van der Waals surface area contributed by atoms with Crippen molar-refractivity contribution in [3.63, 3.8) is 0 Å². The zero-order valence-corrected chi connectivity index (χ0v) is 9.60. The molecule has 1 aromatic rings. The van der Waals surface area contributed by atoms with Crippen LogP contribution in [0.5, 0.6) is 0 Å². The molecule has 5 heteroatoms. The van der Waals surface area contributed by atoms with E-state index in [4.69, 9.17) is 4.42 Å². The van der Waals surface area contributed by atoms with Crippen LogP contribution in [0, 0.1) is 5.92 Å². The standard InChI is InChI=1S/C12H14N2O3/c1-8(15)14-5-10-4-12(10,7-14)13-11(16)9-2-3-17-6-9/h2-3,6,10H,4-5,7H2,1H3,(H,13,16)/t10-,12+/m1/s1. The van der Waals surface area contributed by atoms with Crippen LogP contribution in [0.1, 0.15) is 23.7 Å². The van der Waals surface area contributed by atoms with Gasteiger partial charge >= 0.3 is 0 Å². The highest BCUT2D eigenvalue weighted by molar-refractivity contribution is 5.94. The van der Waals surface area contributed by atoms with Crippen LogP contribution in [0.4, 0.5) is 0 Å². The number of furan rings is 1. The Bertz CT molecular complexity index is 468. The molecule has 1 aliphatic carbocycles. The van der Waals surface area contributed by atoms with Gasteiger partial charge in [-0.3, -0.25) is 9.59 Å². The summed E-state index contributed by atoms with van der Waals surface area (Å²) in [5.74, 6) is 0.378. The number of carbonyl (C=O) groups excluding carboxylic acids is 2. The van der Waals surface area contributed by atoms with Crippen LogP contribution < -0.4 is 5.32 Å². The first-order valence-corrected chi connectivity index (χ1v) is 5.71. The van der Waals surface area contributed by atoms with Gasteiger partial charge in [0.2, 0.25) is 5.91 Å². The monoisotopic (exact) mass is 234 g/mol. The van der Waals surface area contributed by atoms with Gasteiger partial charge in [0.25, 0.3) is 5.91 Å². The highest BCUT2D eigenvalue weighted by Gasteiger charge is 2.61. The molecule has 1 aromatic heterocycles. The van der Waals surface area contributed by atoms with Crippen molar-refractivity contribution >= 4 is 11.8 Å². The van der Waals surface area contributed by atoms with Gasteiger partial charge in [0.05, 0.1) is 17.4 Å². The van der Waals surface area contributed by atoms with Gasteiger partial charge < -0.3 is 14.6 Å². The second-order valence-corrected chi connectivity index (χ2v) is 4.92. The molecule has 0 radical (unpaired) electrons. The number of amides is 2. The Morgan fingerprint density at radius 2 is 2.41 bits per heavy atom. The second kappa shape index (κ2) is 3.35. The predicted octanol–water partition coefficient (Wildman–Crippen LogP) is 0.630. The van der Waals surface area contributed by atoms with Crippen LogP contribution in [0.25, 0.3) is 0 Å². The normalized spacial score (nSPS) is 29.9. The van der Waals surface area contributed by atoms with E-state index >= 15 is 0 Å². The average molecular weight is 234 g/mol. The molecular formula is C12H14N2O3. The largest absolute Gasteiger partial charge is 0.472 e. The summed E-state index contributed by atoms with van der Waals surface area (Å²) in [6.07, 6.45) is 3.88. The summed E-state index contributed by atoms with van der Waals surface area (Å²) in [6, 6.07) is 1.64. The van der Waals surface area contributed by atoms with Crippen LogP contribution in [0.2, 0.25) is 0 Å². The molecule has 0 bridgehead atoms. The molecule has 2 fully saturated rings. The maximum absolute atomic E-state index is 11.9. The Balaban J connectivity index is 1.68. The molecule has 90 valence electrons. The molecule has 0 unspecified atom stereocenters. The maximum atomic E-state index is 11.9. The summed E-state index contributed by atoms with van der Waals surface area (Å²) in [5.41, 5.74) is 0.353. The first kappa shape index (κ1) is 10.4. The molecule has 2 atom stereocenters. The Kier molecular flexibility index (Phi) is 2.05. The van der Waals surface area contributed by atoms with Crippen molar-refractivity contribution in [3.05, 3.63) is 24.2 Å². The topological polar surface area (TPSA) is 62.6 Å². The first-order valence-electron chi connectivity index (χ1n) is 5.71. The Morgan fingerprint density at radius 1 is 1.59 bits per heavy atom. The first-order chi connectivity index (χ1) is 8.11. The number of nitrogens with one attached hydrogen (secondary N) is 1. The van der Waals surface area contributed by atoms with Gasteiger partial charge in [-0.2, -0.15) is 0 Å². The van der Waals surface area contributed by atoms with E-state index < -0.39 is 0 Å². The van der Waals surface area contributed by atoms with Gasteiger partial charge in [-0.05, 0) is 12.5 Å². The van der Waals surface area contributed by atoms with Crippen LogP contribution in [0.15, 0.2) is 23.0 Å². The van der Waals surface area contributed by atoms with Crippen LogP contribution in [-0.2, 0) is 4.79 Å². The second-order valence-electron chi connectivity index (χ2n) is 4.92. The zero-order valence-electron chi connectivity index (χ0n) is 9.60. The van der Waals surface area contributed by atoms with Gasteiger partial charge in [0, 0.05) is 25.9 Å². The van der Waals surface area contributed by atoms with E-state index in [1.54, 1.807) is 17.9 Å². The quantitative estimate of drug-likeness (QED) is 0.816. The maximum Gasteiger partial charge on any atom is 0.255 e. The fourth-order valence-corrected chi connectivity index (χ4v) is 2.61. The summed E-state index contributed by atoms with van der Waals surface area (Å²) in [4.78, 5) is 25.0. The molecule has 2 aliphatic rings. The van der Waals surface area contributed by atoms with Crippen LogP contribution in [0.3, 0.4) is 0 Å². The molecule has 2 amide bonds. The highest BCUT2D eigenvalue weighted by atomic mass is 16.3. The Hall–Kier alpha value is -1.78. The summed E-state index contributed by atoms with van der Waals surface area (Å²) < 4.78 is 4.88. The summed E-state index contributed by atoms with van der Waals surface area (Å²) in [6.45, 7) is 2.97. The van der Waals surface area contributed by atoms with E-state index in [9.17, 15) is 9.59 Å². The SMILES string of the molecule is CC(=O)N1C[C@H]2C[C@]2(NC(=O)c2ccoc2)C1. The number of nitrogens with zero attached hydrogens (tertiary/aromatic N) is 1. The lowest BCUT2D eigenvalue weighted by molar-refractivity contribution is -0.128. The van der Waals surface area contributed by atoms with Crippen molar-refractivity contribution in [2.45, 2.75) is 18.9 Å². The van der Waals surface area contributed by atoms with Gasteiger partial charge in [-0.25, -0.2) is 0 Å². The Morgan fingerprint density at radius 3 is 3.00 bits per heavy atom. The smallest absolute Gasteiger partial charge is 0.255 e. The van der Waals surface area contributed by atoms with Gasteiger partial charge in [-0.15, -0.1) is 0 Å². The minimum atomic E-state index is -0.181. The molecule has 1 aliphatic heterocycles. The van der Waals surface area contributed by atoms with E-state index in [1.807, 2.05) is 0 Å². The molecule has 0 spiro atoms. The average Bonchev–Trinajstić information content (AvgIpc) is 2.76. The third-order valence-electron chi connectivity index (χ3n) is 3.74. The molecule has 0 aromatic carbocycles. The minimum Gasteiger partial charge on any atom is -0.472 e. The fraction of sp³-hybridized carbons (Fsp3) is 0.500. The van der Waals surface area contributed by atoms with Crippen molar-refractivity contribution in [2.75, 3.05) is 13.1 Å². The molecule has 1 saturated heterocycles. The summed E-state index contributed by atoms with van der Waals surface area (Å²) >= 11 is 0. The van der Waals surface area contributed by atoms with Gasteiger partial charge in [0.1, 0.15) is 6.26 Å². The molecule has 3 rings (SSSR count). The lowest BCUT2D eigenvalue weighted by Gasteiger charge is -2.20. The molecule has 1 N–H and O–H groups in total. The number of rotatable bonds is 2. The van der Waals surface area contributed by atoms with Crippen LogP contribution >= 0.6 is 0 Å². The van der Waals surface area contributed by atoms with E-state index in [0.717, 1.165) is 13.0 Å². The lowest BCUT2D eigenvalue weighted by Crippen LogP contribution is -2.43. The zero-order chi connectivity index (χ0) is 12.0. The van der Waals surface area contributed by atoms with Crippen LogP contribution in [-0.4, -0.2) is 35.3 Å². The number of hydrogen-bond donors (Lipinski definition) is 1. The van der Waals surface area contributed by atoms with Crippen molar-refractivity contribution in [3.8, 4) is 0 Å². The third-order valence-corrected chi connectivity index (χ3v) is 3.74. The number of fused-ring (bicyclic) bond motifs is 1. The van der Waals surface area contributed by atoms with Gasteiger partial charge in [0.15, 0.2) is 0 Å². The van der Waals surface area contributed by atoms with Crippen molar-refractivity contribution in [2.24, 2.45) is 5.92 Å². The van der Waals surface area contributed by atoms with E-state index in [0.29, 0.717) is 18.0 Å². The molecule has 5 nitrogen and oxygen atoms in total. The lowest BCUT2D eigenvalue weighted by atomic mass is 10.2. The molecular weight excluding hydrogens is 220 g/mol. The third kappa shape index (κ3) is 1.62. The predicted molar refractivity (Wildman–Crippen MR) is 59.3 cm³/mol. The summed E-state index contributed by atoms with van der Waals surface area (Å²) in [7, 11) is 0. The van der Waals surface area contributed by atoms with E-state index in [1.165, 1.54) is 12.5 Å². The number of likely N-dealkylation sites (tertiary alicyclic amines) is 1. The van der Waals surface area contributed by atoms with E-state index in [2.05, 4.69) is 5.32 Å². The van der Waals surface area contributed by atoms with E-state index in [-0.39, 0.29) is 17.4 Å². The van der Waals surface area contributed by atoms with Crippen molar-refractivity contribution < 1.29 is 14.0 Å². The Labute approximate surface area is 98.8 Å². The van der Waals surface area contributed by atoms with Gasteiger partial charge in [-0.1, -0.05) is 0 Å². The summed E-state index contributed by atoms with van der Waals surface area (Å²) in [5, 5.41) is 3.02. The number of hydrogen-bond acceptors (Lipinski definition) is 3. The molecule has 17 heavy (non-hydrogen) atoms. The van der Waals surface area contributed by atoms with Crippen molar-refractivity contribution in [1.82, 2.24) is 10.2 Å². The molecule has 1 saturated carbocycles. The number of carbonyl (C=O) groups is 2. The highest BCUT2D eigenvalue weighted by Crippen LogP contribution is 2.49. The number of piperidine rings is 1. The minimum absolute atomic E-state index is 0.0779. The van der Waals surface area contributed by atoms with Crippen molar-refractivity contribution in [1.29, 1.82) is 0 Å².